The van der Waals surface area contributed by atoms with Crippen LogP contribution in [0.4, 0.5) is 5.69 Å². The van der Waals surface area contributed by atoms with Gasteiger partial charge in [-0.25, -0.2) is 0 Å². The molecule has 1 aromatic rings. The number of carbonyl (C=O) groups is 2. The van der Waals surface area contributed by atoms with E-state index in [2.05, 4.69) is 22.5 Å². The zero-order chi connectivity index (χ0) is 15.1. The minimum Gasteiger partial charge on any atom is -0.349 e. The third-order valence-electron chi connectivity index (χ3n) is 3.27. The van der Waals surface area contributed by atoms with E-state index in [1.807, 2.05) is 0 Å². The molecule has 0 saturated heterocycles. The second kappa shape index (κ2) is 9.23. The number of benzene rings is 1. The highest BCUT2D eigenvalue weighted by atomic mass is 35.5. The molecule has 0 aromatic heterocycles. The van der Waals surface area contributed by atoms with E-state index in [0.29, 0.717) is 17.8 Å². The second-order valence-electron chi connectivity index (χ2n) is 5.17. The first kappa shape index (κ1) is 18.2. The van der Waals surface area contributed by atoms with Crippen LogP contribution in [0.25, 0.3) is 0 Å². The lowest BCUT2D eigenvalue weighted by atomic mass is 10.1. The lowest BCUT2D eigenvalue weighted by molar-refractivity contribution is -0.115. The Balaban J connectivity index is 0.00000242. The van der Waals surface area contributed by atoms with Crippen molar-refractivity contribution in [3.8, 4) is 0 Å². The summed E-state index contributed by atoms with van der Waals surface area (Å²) in [6.45, 7) is 5.10. The molecule has 2 rings (SSSR count). The van der Waals surface area contributed by atoms with Crippen molar-refractivity contribution in [1.82, 2.24) is 10.6 Å². The SMILES string of the molecule is C=CCNC(=O)c1ccccc1NC(=O)CNCC1CC1.Cl. The van der Waals surface area contributed by atoms with Gasteiger partial charge in [0.15, 0.2) is 0 Å². The summed E-state index contributed by atoms with van der Waals surface area (Å²) < 4.78 is 0. The Morgan fingerprint density at radius 3 is 2.68 bits per heavy atom. The standard InChI is InChI=1S/C16H21N3O2.ClH/c1-2-9-18-16(21)13-5-3-4-6-14(13)19-15(20)11-17-10-12-7-8-12;/h2-6,12,17H,1,7-11H2,(H,18,21)(H,19,20);1H. The molecule has 120 valence electrons. The molecule has 0 heterocycles. The van der Waals surface area contributed by atoms with Crippen LogP contribution in [0.2, 0.25) is 0 Å². The maximum atomic E-state index is 12.0. The van der Waals surface area contributed by atoms with Crippen molar-refractivity contribution in [2.45, 2.75) is 12.8 Å². The number of para-hydroxylation sites is 1. The molecule has 0 aliphatic heterocycles. The van der Waals surface area contributed by atoms with Crippen LogP contribution in [0, 0.1) is 5.92 Å². The topological polar surface area (TPSA) is 70.2 Å². The predicted octanol–water partition coefficient (Wildman–Crippen LogP) is 1.96. The first-order valence-corrected chi connectivity index (χ1v) is 7.19. The van der Waals surface area contributed by atoms with Gasteiger partial charge in [0, 0.05) is 6.54 Å². The van der Waals surface area contributed by atoms with Crippen LogP contribution >= 0.6 is 12.4 Å². The molecular weight excluding hydrogens is 302 g/mol. The number of halogens is 1. The van der Waals surface area contributed by atoms with Gasteiger partial charge in [0.1, 0.15) is 0 Å². The van der Waals surface area contributed by atoms with Crippen molar-refractivity contribution in [2.75, 3.05) is 25.0 Å². The zero-order valence-corrected chi connectivity index (χ0v) is 13.2. The Morgan fingerprint density at radius 1 is 1.27 bits per heavy atom. The van der Waals surface area contributed by atoms with E-state index in [-0.39, 0.29) is 30.8 Å². The second-order valence-corrected chi connectivity index (χ2v) is 5.17. The highest BCUT2D eigenvalue weighted by Crippen LogP contribution is 2.27. The molecule has 2 amide bonds. The van der Waals surface area contributed by atoms with Crippen molar-refractivity contribution in [1.29, 1.82) is 0 Å². The largest absolute Gasteiger partial charge is 0.349 e. The third-order valence-corrected chi connectivity index (χ3v) is 3.27. The lowest BCUT2D eigenvalue weighted by Gasteiger charge is -2.11. The first-order valence-electron chi connectivity index (χ1n) is 7.19. The molecule has 1 aromatic carbocycles. The van der Waals surface area contributed by atoms with Crippen molar-refractivity contribution in [2.24, 2.45) is 5.92 Å². The van der Waals surface area contributed by atoms with E-state index in [1.54, 1.807) is 30.3 Å². The normalized spacial score (nSPS) is 12.9. The number of hydrogen-bond donors (Lipinski definition) is 3. The average molecular weight is 324 g/mol. The molecule has 22 heavy (non-hydrogen) atoms. The van der Waals surface area contributed by atoms with E-state index in [1.165, 1.54) is 12.8 Å². The summed E-state index contributed by atoms with van der Waals surface area (Å²) >= 11 is 0. The van der Waals surface area contributed by atoms with Crippen LogP contribution in [0.3, 0.4) is 0 Å². The summed E-state index contributed by atoms with van der Waals surface area (Å²) in [5, 5.41) is 8.60. The number of hydrogen-bond acceptors (Lipinski definition) is 3. The molecule has 1 saturated carbocycles. The van der Waals surface area contributed by atoms with Crippen molar-refractivity contribution < 1.29 is 9.59 Å². The van der Waals surface area contributed by atoms with Crippen LogP contribution in [0.1, 0.15) is 23.2 Å². The average Bonchev–Trinajstić information content (AvgIpc) is 3.29. The smallest absolute Gasteiger partial charge is 0.253 e. The number of nitrogens with one attached hydrogen (secondary N) is 3. The number of rotatable bonds is 8. The Hall–Kier alpha value is -1.85. The van der Waals surface area contributed by atoms with E-state index >= 15 is 0 Å². The fourth-order valence-electron chi connectivity index (χ4n) is 1.96. The van der Waals surface area contributed by atoms with Gasteiger partial charge < -0.3 is 16.0 Å². The summed E-state index contributed by atoms with van der Waals surface area (Å²) in [7, 11) is 0. The molecule has 1 aliphatic carbocycles. The summed E-state index contributed by atoms with van der Waals surface area (Å²) in [5.41, 5.74) is 0.979. The molecule has 0 unspecified atom stereocenters. The monoisotopic (exact) mass is 323 g/mol. The molecule has 0 spiro atoms. The van der Waals surface area contributed by atoms with Gasteiger partial charge in [0.2, 0.25) is 5.91 Å². The lowest BCUT2D eigenvalue weighted by Crippen LogP contribution is -2.31. The highest BCUT2D eigenvalue weighted by molar-refractivity contribution is 6.04. The Kier molecular flexibility index (Phi) is 7.63. The summed E-state index contributed by atoms with van der Waals surface area (Å²) in [5.74, 6) is 0.367. The molecule has 0 bridgehead atoms. The fraction of sp³-hybridized carbons (Fsp3) is 0.375. The van der Waals surface area contributed by atoms with E-state index in [0.717, 1.165) is 12.5 Å². The first-order chi connectivity index (χ1) is 10.2. The van der Waals surface area contributed by atoms with Crippen LogP contribution in [-0.2, 0) is 4.79 Å². The van der Waals surface area contributed by atoms with Gasteiger partial charge in [0.05, 0.1) is 17.8 Å². The van der Waals surface area contributed by atoms with Crippen molar-refractivity contribution in [3.63, 3.8) is 0 Å². The van der Waals surface area contributed by atoms with E-state index in [9.17, 15) is 9.59 Å². The molecule has 6 heteroatoms. The van der Waals surface area contributed by atoms with Gasteiger partial charge in [-0.2, -0.15) is 0 Å². The number of amides is 2. The maximum absolute atomic E-state index is 12.0. The molecule has 1 fully saturated rings. The van der Waals surface area contributed by atoms with Gasteiger partial charge in [-0.3, -0.25) is 9.59 Å². The summed E-state index contributed by atoms with van der Waals surface area (Å²) in [6, 6.07) is 6.97. The Bertz CT molecular complexity index is 530. The van der Waals surface area contributed by atoms with Crippen LogP contribution in [0.5, 0.6) is 0 Å². The molecular formula is C16H22ClN3O2. The number of carbonyl (C=O) groups excluding carboxylic acids is 2. The number of anilines is 1. The van der Waals surface area contributed by atoms with Gasteiger partial charge in [-0.05, 0) is 37.4 Å². The molecule has 0 atom stereocenters. The van der Waals surface area contributed by atoms with Crippen molar-refractivity contribution >= 4 is 29.9 Å². The van der Waals surface area contributed by atoms with Gasteiger partial charge in [-0.15, -0.1) is 19.0 Å². The summed E-state index contributed by atoms with van der Waals surface area (Å²) in [4.78, 5) is 23.9. The summed E-state index contributed by atoms with van der Waals surface area (Å²) in [6.07, 6.45) is 4.11. The zero-order valence-electron chi connectivity index (χ0n) is 12.4. The van der Waals surface area contributed by atoms with Gasteiger partial charge in [-0.1, -0.05) is 18.2 Å². The minimum absolute atomic E-state index is 0. The van der Waals surface area contributed by atoms with Crippen LogP contribution in [0.15, 0.2) is 36.9 Å². The Labute approximate surface area is 137 Å². The van der Waals surface area contributed by atoms with Crippen LogP contribution < -0.4 is 16.0 Å². The fourth-order valence-corrected chi connectivity index (χ4v) is 1.96. The highest BCUT2D eigenvalue weighted by Gasteiger charge is 2.20. The maximum Gasteiger partial charge on any atom is 0.253 e. The van der Waals surface area contributed by atoms with E-state index in [4.69, 9.17) is 0 Å². The van der Waals surface area contributed by atoms with Gasteiger partial charge >= 0.3 is 0 Å². The molecule has 0 radical (unpaired) electrons. The quantitative estimate of drug-likeness (QED) is 0.641. The third kappa shape index (κ3) is 5.87. The van der Waals surface area contributed by atoms with E-state index < -0.39 is 0 Å². The minimum atomic E-state index is -0.225. The van der Waals surface area contributed by atoms with Gasteiger partial charge in [0.25, 0.3) is 5.91 Å². The van der Waals surface area contributed by atoms with Crippen LogP contribution in [-0.4, -0.2) is 31.4 Å². The predicted molar refractivity (Wildman–Crippen MR) is 90.4 cm³/mol. The Morgan fingerprint density at radius 2 is 2.00 bits per heavy atom. The molecule has 1 aliphatic rings. The molecule has 5 nitrogen and oxygen atoms in total. The molecule has 3 N–H and O–H groups in total. The van der Waals surface area contributed by atoms with Crippen molar-refractivity contribution in [3.05, 3.63) is 42.5 Å².